The Hall–Kier alpha value is -1.99. The highest BCUT2D eigenvalue weighted by Gasteiger charge is 2.14. The van der Waals surface area contributed by atoms with Crippen LogP contribution in [-0.4, -0.2) is 32.5 Å². The maximum absolute atomic E-state index is 12.3. The number of rotatable bonds is 6. The average Bonchev–Trinajstić information content (AvgIpc) is 2.52. The monoisotopic (exact) mass is 334 g/mol. The van der Waals surface area contributed by atoms with Gasteiger partial charge in [0.2, 0.25) is 10.0 Å². The number of aromatic nitrogens is 2. The summed E-state index contributed by atoms with van der Waals surface area (Å²) in [6.07, 6.45) is 0.873. The summed E-state index contributed by atoms with van der Waals surface area (Å²) in [5, 5.41) is 0. The molecule has 0 saturated heterocycles. The fourth-order valence-corrected chi connectivity index (χ4v) is 3.05. The van der Waals surface area contributed by atoms with Crippen molar-refractivity contribution >= 4 is 15.8 Å². The normalized spacial score (nSPS) is 11.5. The van der Waals surface area contributed by atoms with E-state index in [0.717, 1.165) is 23.5 Å². The lowest BCUT2D eigenvalue weighted by Gasteiger charge is -2.13. The highest BCUT2D eigenvalue weighted by molar-refractivity contribution is 7.89. The minimum Gasteiger partial charge on any atom is -0.363 e. The Morgan fingerprint density at radius 3 is 2.35 bits per heavy atom. The van der Waals surface area contributed by atoms with Crippen LogP contribution in [0.25, 0.3) is 0 Å². The molecule has 0 fully saturated rings. The molecule has 1 N–H and O–H groups in total. The first-order valence-electron chi connectivity index (χ1n) is 7.42. The van der Waals surface area contributed by atoms with Gasteiger partial charge in [-0.2, -0.15) is 0 Å². The largest absolute Gasteiger partial charge is 0.363 e. The Morgan fingerprint density at radius 2 is 1.78 bits per heavy atom. The molecule has 1 aromatic carbocycles. The van der Waals surface area contributed by atoms with E-state index in [2.05, 4.69) is 14.7 Å². The Kier molecular flexibility index (Phi) is 5.33. The van der Waals surface area contributed by atoms with Crippen molar-refractivity contribution < 1.29 is 8.42 Å². The molecule has 2 aromatic rings. The van der Waals surface area contributed by atoms with Crippen LogP contribution < -0.4 is 9.62 Å². The first-order chi connectivity index (χ1) is 10.8. The maximum atomic E-state index is 12.3. The maximum Gasteiger partial charge on any atom is 0.240 e. The van der Waals surface area contributed by atoms with Gasteiger partial charge in [-0.15, -0.1) is 0 Å². The quantitative estimate of drug-likeness (QED) is 0.873. The highest BCUT2D eigenvalue weighted by Crippen LogP contribution is 2.13. The third-order valence-corrected chi connectivity index (χ3v) is 4.82. The zero-order valence-corrected chi connectivity index (χ0v) is 14.7. The van der Waals surface area contributed by atoms with Crippen LogP contribution in [0.2, 0.25) is 0 Å². The van der Waals surface area contributed by atoms with Crippen molar-refractivity contribution in [2.45, 2.75) is 31.7 Å². The Labute approximate surface area is 137 Å². The van der Waals surface area contributed by atoms with Gasteiger partial charge in [-0.05, 0) is 31.0 Å². The van der Waals surface area contributed by atoms with Crippen LogP contribution in [-0.2, 0) is 23.0 Å². The van der Waals surface area contributed by atoms with Crippen molar-refractivity contribution in [2.24, 2.45) is 0 Å². The molecule has 0 bridgehead atoms. The minimum atomic E-state index is -3.57. The number of hydrogen-bond acceptors (Lipinski definition) is 5. The minimum absolute atomic E-state index is 0.0559. The first-order valence-corrected chi connectivity index (χ1v) is 8.90. The predicted octanol–water partition coefficient (Wildman–Crippen LogP) is 1.89. The number of hydrogen-bond donors (Lipinski definition) is 1. The summed E-state index contributed by atoms with van der Waals surface area (Å²) in [7, 11) is 0.187. The summed E-state index contributed by atoms with van der Waals surface area (Å²) in [6.45, 7) is 3.94. The molecule has 7 heteroatoms. The van der Waals surface area contributed by atoms with Crippen molar-refractivity contribution in [1.29, 1.82) is 0 Å². The van der Waals surface area contributed by atoms with Gasteiger partial charge in [0.25, 0.3) is 0 Å². The Balaban J connectivity index is 2.15. The van der Waals surface area contributed by atoms with E-state index in [9.17, 15) is 8.42 Å². The lowest BCUT2D eigenvalue weighted by molar-refractivity contribution is 0.579. The first kappa shape index (κ1) is 17.4. The summed E-state index contributed by atoms with van der Waals surface area (Å²) < 4.78 is 27.2. The second kappa shape index (κ2) is 7.06. The number of sulfonamides is 1. The molecule has 0 aliphatic rings. The molecular formula is C16H22N4O2S. The van der Waals surface area contributed by atoms with E-state index < -0.39 is 10.0 Å². The molecule has 6 nitrogen and oxygen atoms in total. The Morgan fingerprint density at radius 1 is 1.13 bits per heavy atom. The molecule has 0 atom stereocenters. The van der Waals surface area contributed by atoms with Crippen molar-refractivity contribution in [1.82, 2.24) is 14.7 Å². The van der Waals surface area contributed by atoms with E-state index in [1.807, 2.05) is 51.0 Å². The van der Waals surface area contributed by atoms with Crippen molar-refractivity contribution in [3.05, 3.63) is 47.4 Å². The summed E-state index contributed by atoms with van der Waals surface area (Å²) >= 11 is 0. The van der Waals surface area contributed by atoms with Gasteiger partial charge in [-0.1, -0.05) is 19.1 Å². The average molecular weight is 334 g/mol. The third-order valence-electron chi connectivity index (χ3n) is 3.41. The van der Waals surface area contributed by atoms with Gasteiger partial charge >= 0.3 is 0 Å². The number of anilines is 1. The van der Waals surface area contributed by atoms with E-state index in [1.165, 1.54) is 0 Å². The van der Waals surface area contributed by atoms with Gasteiger partial charge in [-0.25, -0.2) is 23.1 Å². The molecule has 23 heavy (non-hydrogen) atoms. The number of nitrogens with one attached hydrogen (secondary N) is 1. The highest BCUT2D eigenvalue weighted by atomic mass is 32.2. The van der Waals surface area contributed by atoms with Crippen LogP contribution in [0.1, 0.15) is 24.0 Å². The van der Waals surface area contributed by atoms with Crippen LogP contribution in [0.3, 0.4) is 0 Å². The fraction of sp³-hybridized carbons (Fsp3) is 0.375. The SMILES string of the molecule is CCc1ccc(S(=O)(=O)NCc2nc(C)cc(N(C)C)n2)cc1. The zero-order valence-electron chi connectivity index (χ0n) is 13.9. The molecule has 1 heterocycles. The third kappa shape index (κ3) is 4.49. The molecule has 0 amide bonds. The molecule has 0 aliphatic carbocycles. The molecule has 0 saturated carbocycles. The van der Waals surface area contributed by atoms with Gasteiger partial charge in [0.1, 0.15) is 11.6 Å². The smallest absolute Gasteiger partial charge is 0.240 e. The van der Waals surface area contributed by atoms with Gasteiger partial charge < -0.3 is 4.90 Å². The second-order valence-electron chi connectivity index (χ2n) is 5.50. The van der Waals surface area contributed by atoms with Crippen LogP contribution in [0.5, 0.6) is 0 Å². The van der Waals surface area contributed by atoms with Crippen molar-refractivity contribution in [3.8, 4) is 0 Å². The summed E-state index contributed by atoms with van der Waals surface area (Å²) in [5.41, 5.74) is 1.90. The number of nitrogens with zero attached hydrogens (tertiary/aromatic N) is 3. The summed E-state index contributed by atoms with van der Waals surface area (Å²) in [5.74, 6) is 1.20. The summed E-state index contributed by atoms with van der Waals surface area (Å²) in [4.78, 5) is 10.7. The molecule has 0 radical (unpaired) electrons. The molecule has 0 aliphatic heterocycles. The van der Waals surface area contributed by atoms with Gasteiger partial charge in [0, 0.05) is 25.9 Å². The molecular weight excluding hydrogens is 312 g/mol. The van der Waals surface area contributed by atoms with E-state index in [4.69, 9.17) is 0 Å². The van der Waals surface area contributed by atoms with Crippen LogP contribution in [0.15, 0.2) is 35.2 Å². The number of benzene rings is 1. The molecule has 2 rings (SSSR count). The van der Waals surface area contributed by atoms with E-state index in [-0.39, 0.29) is 11.4 Å². The van der Waals surface area contributed by atoms with Crippen molar-refractivity contribution in [3.63, 3.8) is 0 Å². The molecule has 1 aromatic heterocycles. The second-order valence-corrected chi connectivity index (χ2v) is 7.27. The number of aryl methyl sites for hydroxylation is 2. The van der Waals surface area contributed by atoms with Crippen LogP contribution in [0.4, 0.5) is 5.82 Å². The van der Waals surface area contributed by atoms with Gasteiger partial charge in [0.05, 0.1) is 11.4 Å². The molecule has 0 spiro atoms. The van der Waals surface area contributed by atoms with Gasteiger partial charge in [0.15, 0.2) is 0 Å². The zero-order chi connectivity index (χ0) is 17.0. The molecule has 0 unspecified atom stereocenters. The summed E-state index contributed by atoms with van der Waals surface area (Å²) in [6, 6.07) is 8.72. The predicted molar refractivity (Wildman–Crippen MR) is 90.9 cm³/mol. The molecule has 124 valence electrons. The lowest BCUT2D eigenvalue weighted by atomic mass is 10.2. The van der Waals surface area contributed by atoms with Gasteiger partial charge in [-0.3, -0.25) is 0 Å². The van der Waals surface area contributed by atoms with Crippen LogP contribution >= 0.6 is 0 Å². The van der Waals surface area contributed by atoms with E-state index >= 15 is 0 Å². The topological polar surface area (TPSA) is 75.2 Å². The fourth-order valence-electron chi connectivity index (χ4n) is 2.07. The van der Waals surface area contributed by atoms with E-state index in [0.29, 0.717) is 5.82 Å². The Bertz CT molecular complexity index is 771. The standard InChI is InChI=1S/C16H22N4O2S/c1-5-13-6-8-14(9-7-13)23(21,22)17-11-15-18-12(2)10-16(19-15)20(3)4/h6-10,17H,5,11H2,1-4H3. The lowest BCUT2D eigenvalue weighted by Crippen LogP contribution is -2.25. The van der Waals surface area contributed by atoms with Crippen molar-refractivity contribution in [2.75, 3.05) is 19.0 Å². The van der Waals surface area contributed by atoms with E-state index in [1.54, 1.807) is 12.1 Å². The van der Waals surface area contributed by atoms with Crippen LogP contribution in [0, 0.1) is 6.92 Å².